The minimum atomic E-state index is -0.297. The highest BCUT2D eigenvalue weighted by atomic mass is 35.6. The van der Waals surface area contributed by atoms with Crippen molar-refractivity contribution in [3.63, 3.8) is 0 Å². The molecule has 0 aromatic carbocycles. The Hall–Kier alpha value is 0.247. The quantitative estimate of drug-likeness (QED) is 0.363. The lowest BCUT2D eigenvalue weighted by Crippen LogP contribution is -2.02. The van der Waals surface area contributed by atoms with E-state index < -0.39 is 0 Å². The van der Waals surface area contributed by atoms with Crippen molar-refractivity contribution in [1.29, 1.82) is 0 Å². The zero-order valence-electron chi connectivity index (χ0n) is 8.02. The van der Waals surface area contributed by atoms with Gasteiger partial charge in [0.05, 0.1) is 0 Å². The van der Waals surface area contributed by atoms with E-state index in [1.165, 1.54) is 0 Å². The first-order valence-electron chi connectivity index (χ1n) is 4.35. The van der Waals surface area contributed by atoms with Gasteiger partial charge >= 0.3 is 0 Å². The molecule has 11 heavy (non-hydrogen) atoms. The number of rotatable bonds is 4. The zero-order chi connectivity index (χ0) is 8.85. The van der Waals surface area contributed by atoms with Crippen LogP contribution in [0.15, 0.2) is 11.6 Å². The van der Waals surface area contributed by atoms with Gasteiger partial charge in [0, 0.05) is 0 Å². The van der Waals surface area contributed by atoms with Gasteiger partial charge in [-0.3, -0.25) is 0 Å². The van der Waals surface area contributed by atoms with Crippen LogP contribution in [0.4, 0.5) is 0 Å². The summed E-state index contributed by atoms with van der Waals surface area (Å²) in [5, 5.41) is 0. The van der Waals surface area contributed by atoms with Gasteiger partial charge in [-0.2, -0.15) is 11.1 Å². The van der Waals surface area contributed by atoms with Crippen LogP contribution in [0.5, 0.6) is 0 Å². The summed E-state index contributed by atoms with van der Waals surface area (Å²) in [7, 11) is -0.297. The molecule has 0 saturated carbocycles. The molecule has 0 aliphatic heterocycles. The van der Waals surface area contributed by atoms with E-state index in [1.54, 1.807) is 5.57 Å². The Morgan fingerprint density at radius 1 is 1.27 bits per heavy atom. The fraction of sp³-hybridized carbons (Fsp3) is 0.778. The average molecular weight is 191 g/mol. The van der Waals surface area contributed by atoms with E-state index >= 15 is 0 Å². The van der Waals surface area contributed by atoms with Crippen molar-refractivity contribution in [3.05, 3.63) is 11.6 Å². The van der Waals surface area contributed by atoms with Crippen LogP contribution >= 0.6 is 11.1 Å². The molecule has 0 aromatic heterocycles. The van der Waals surface area contributed by atoms with Crippen molar-refractivity contribution >= 4 is 19.9 Å². The summed E-state index contributed by atoms with van der Waals surface area (Å²) in [6.45, 7) is 9.01. The summed E-state index contributed by atoms with van der Waals surface area (Å²) in [6.07, 6.45) is 2.34. The smallest absolute Gasteiger partial charge is 0.129 e. The molecule has 0 aromatic rings. The monoisotopic (exact) mass is 190 g/mol. The summed E-state index contributed by atoms with van der Waals surface area (Å²) in [5.41, 5.74) is 1.57. The molecule has 2 heteroatoms. The highest BCUT2D eigenvalue weighted by molar-refractivity contribution is 6.93. The van der Waals surface area contributed by atoms with Gasteiger partial charge < -0.3 is 0 Å². The average Bonchev–Trinajstić information content (AvgIpc) is 1.87. The number of hydrogen-bond acceptors (Lipinski definition) is 0. The third kappa shape index (κ3) is 4.65. The summed E-state index contributed by atoms with van der Waals surface area (Å²) in [5.74, 6) is 1.37. The minimum absolute atomic E-state index is 0.297. The second-order valence-corrected chi connectivity index (χ2v) is 5.58. The standard InChI is InChI=1S/C9H19ClSi/c1-7(2)9(8(3)4)5-6-11-10/h5,7-8H,6,11H2,1-4H3. The van der Waals surface area contributed by atoms with Crippen LogP contribution in [-0.2, 0) is 0 Å². The number of halogens is 1. The number of hydrogen-bond donors (Lipinski definition) is 0. The van der Waals surface area contributed by atoms with Gasteiger partial charge in [-0.1, -0.05) is 39.3 Å². The molecule has 0 radical (unpaired) electrons. The fourth-order valence-electron chi connectivity index (χ4n) is 1.36. The molecule has 0 heterocycles. The molecule has 0 fully saturated rings. The zero-order valence-corrected chi connectivity index (χ0v) is 10.2. The molecule has 0 amide bonds. The van der Waals surface area contributed by atoms with Gasteiger partial charge in [0.1, 0.15) is 8.83 Å². The van der Waals surface area contributed by atoms with Crippen LogP contribution < -0.4 is 0 Å². The van der Waals surface area contributed by atoms with Crippen LogP contribution in [0.25, 0.3) is 0 Å². The third-order valence-corrected chi connectivity index (χ3v) is 2.98. The second-order valence-electron chi connectivity index (χ2n) is 3.49. The molecular weight excluding hydrogens is 172 g/mol. The summed E-state index contributed by atoms with van der Waals surface area (Å²) < 4.78 is 0. The highest BCUT2D eigenvalue weighted by Gasteiger charge is 2.06. The fourth-order valence-corrected chi connectivity index (χ4v) is 2.13. The Morgan fingerprint density at radius 3 is 2.00 bits per heavy atom. The Bertz CT molecular complexity index is 118. The Kier molecular flexibility index (Phi) is 5.97. The van der Waals surface area contributed by atoms with Gasteiger partial charge in [-0.25, -0.2) is 0 Å². The van der Waals surface area contributed by atoms with Gasteiger partial charge in [-0.15, -0.1) is 0 Å². The van der Waals surface area contributed by atoms with Crippen molar-refractivity contribution in [2.24, 2.45) is 11.8 Å². The van der Waals surface area contributed by atoms with Crippen molar-refractivity contribution in [2.75, 3.05) is 0 Å². The Morgan fingerprint density at radius 2 is 1.73 bits per heavy atom. The van der Waals surface area contributed by atoms with Gasteiger partial charge in [0.2, 0.25) is 0 Å². The Balaban J connectivity index is 4.09. The van der Waals surface area contributed by atoms with E-state index in [-0.39, 0.29) is 8.83 Å². The van der Waals surface area contributed by atoms with Crippen molar-refractivity contribution in [2.45, 2.75) is 33.7 Å². The topological polar surface area (TPSA) is 0 Å². The summed E-state index contributed by atoms with van der Waals surface area (Å²) in [4.78, 5) is 0. The maximum atomic E-state index is 5.75. The second kappa shape index (κ2) is 5.84. The Labute approximate surface area is 77.6 Å². The lowest BCUT2D eigenvalue weighted by Gasteiger charge is -2.14. The molecular formula is C9H19ClSi. The van der Waals surface area contributed by atoms with Crippen LogP contribution in [0, 0.1) is 11.8 Å². The molecule has 0 saturated heterocycles. The number of allylic oxidation sites excluding steroid dienone is 2. The minimum Gasteiger partial charge on any atom is -0.176 e. The van der Waals surface area contributed by atoms with E-state index in [0.29, 0.717) is 11.8 Å². The molecule has 0 rings (SSSR count). The van der Waals surface area contributed by atoms with E-state index in [0.717, 1.165) is 6.04 Å². The van der Waals surface area contributed by atoms with Crippen LogP contribution in [0.1, 0.15) is 27.7 Å². The van der Waals surface area contributed by atoms with E-state index in [9.17, 15) is 0 Å². The first kappa shape index (κ1) is 11.2. The maximum absolute atomic E-state index is 5.75. The van der Waals surface area contributed by atoms with Gasteiger partial charge in [-0.05, 0) is 17.9 Å². The molecule has 0 spiro atoms. The molecule has 0 aliphatic rings. The van der Waals surface area contributed by atoms with Crippen LogP contribution in [0.3, 0.4) is 0 Å². The summed E-state index contributed by atoms with van der Waals surface area (Å²) in [6, 6.07) is 1.15. The predicted molar refractivity (Wildman–Crippen MR) is 57.0 cm³/mol. The lowest BCUT2D eigenvalue weighted by atomic mass is 9.93. The molecule has 0 aliphatic carbocycles. The molecule has 0 bridgehead atoms. The van der Waals surface area contributed by atoms with Crippen LogP contribution in [0.2, 0.25) is 6.04 Å². The summed E-state index contributed by atoms with van der Waals surface area (Å²) >= 11 is 5.75. The van der Waals surface area contributed by atoms with E-state index in [2.05, 4.69) is 33.8 Å². The normalized spacial score (nSPS) is 11.9. The molecule has 0 unspecified atom stereocenters. The lowest BCUT2D eigenvalue weighted by molar-refractivity contribution is 0.624. The third-order valence-electron chi connectivity index (χ3n) is 1.82. The highest BCUT2D eigenvalue weighted by Crippen LogP contribution is 2.19. The first-order valence-corrected chi connectivity index (χ1v) is 7.49. The molecule has 66 valence electrons. The maximum Gasteiger partial charge on any atom is 0.129 e. The van der Waals surface area contributed by atoms with Gasteiger partial charge in [0.15, 0.2) is 0 Å². The molecule has 0 atom stereocenters. The predicted octanol–water partition coefficient (Wildman–Crippen LogP) is 2.97. The van der Waals surface area contributed by atoms with Gasteiger partial charge in [0.25, 0.3) is 0 Å². The van der Waals surface area contributed by atoms with E-state index in [4.69, 9.17) is 11.1 Å². The van der Waals surface area contributed by atoms with E-state index in [1.807, 2.05) is 0 Å². The molecule has 0 nitrogen and oxygen atoms in total. The van der Waals surface area contributed by atoms with Crippen molar-refractivity contribution in [1.82, 2.24) is 0 Å². The first-order chi connectivity index (χ1) is 5.09. The van der Waals surface area contributed by atoms with Crippen molar-refractivity contribution < 1.29 is 0 Å². The van der Waals surface area contributed by atoms with Crippen LogP contribution in [-0.4, -0.2) is 8.83 Å². The SMILES string of the molecule is CC(C)C(=CC[SiH2]Cl)C(C)C. The van der Waals surface area contributed by atoms with Crippen molar-refractivity contribution in [3.8, 4) is 0 Å². The molecule has 0 N–H and O–H groups in total. The largest absolute Gasteiger partial charge is 0.176 e.